The van der Waals surface area contributed by atoms with Crippen LogP contribution in [-0.2, 0) is 6.42 Å². The van der Waals surface area contributed by atoms with E-state index in [4.69, 9.17) is 5.73 Å². The van der Waals surface area contributed by atoms with Crippen LogP contribution >= 0.6 is 0 Å². The number of halogens is 3. The van der Waals surface area contributed by atoms with Gasteiger partial charge in [0.25, 0.3) is 0 Å². The molecular formula is C8H12F3N3. The second-order valence-corrected chi connectivity index (χ2v) is 3.27. The number of nitrogens with zero attached hydrogens (tertiary/aromatic N) is 1. The Morgan fingerprint density at radius 3 is 2.64 bits per heavy atom. The lowest BCUT2D eigenvalue weighted by atomic mass is 10.1. The van der Waals surface area contributed by atoms with E-state index in [1.54, 1.807) is 0 Å². The van der Waals surface area contributed by atoms with Gasteiger partial charge in [0.15, 0.2) is 0 Å². The first-order valence-corrected chi connectivity index (χ1v) is 4.25. The minimum Gasteiger partial charge on any atom is -0.384 e. The molecule has 80 valence electrons. The topological polar surface area (TPSA) is 54.7 Å². The number of hydrogen-bond acceptors (Lipinski definition) is 2. The average Bonchev–Trinajstić information content (AvgIpc) is 2.45. The molecule has 14 heavy (non-hydrogen) atoms. The van der Waals surface area contributed by atoms with E-state index in [1.165, 1.54) is 6.20 Å². The van der Waals surface area contributed by atoms with E-state index in [1.807, 2.05) is 0 Å². The highest BCUT2D eigenvalue weighted by molar-refractivity contribution is 5.24. The maximum atomic E-state index is 12.1. The van der Waals surface area contributed by atoms with Crippen LogP contribution in [0.4, 0.5) is 19.0 Å². The number of rotatable bonds is 3. The average molecular weight is 207 g/mol. The van der Waals surface area contributed by atoms with Gasteiger partial charge >= 0.3 is 6.18 Å². The van der Waals surface area contributed by atoms with Gasteiger partial charge in [-0.2, -0.15) is 13.2 Å². The number of imidazole rings is 1. The molecule has 0 aromatic carbocycles. The number of alkyl halides is 3. The van der Waals surface area contributed by atoms with Crippen molar-refractivity contribution in [1.29, 1.82) is 0 Å². The Bertz CT molecular complexity index is 292. The van der Waals surface area contributed by atoms with Crippen molar-refractivity contribution in [2.75, 3.05) is 5.73 Å². The second-order valence-electron chi connectivity index (χ2n) is 3.27. The molecule has 0 saturated carbocycles. The molecule has 0 bridgehead atoms. The van der Waals surface area contributed by atoms with Crippen molar-refractivity contribution in [2.24, 2.45) is 5.92 Å². The van der Waals surface area contributed by atoms with Gasteiger partial charge in [-0.05, 0) is 6.42 Å². The summed E-state index contributed by atoms with van der Waals surface area (Å²) in [6.45, 7) is 1.16. The van der Waals surface area contributed by atoms with Crippen LogP contribution in [0, 0.1) is 5.92 Å². The highest BCUT2D eigenvalue weighted by atomic mass is 19.4. The van der Waals surface area contributed by atoms with Crippen molar-refractivity contribution in [2.45, 2.75) is 25.9 Å². The van der Waals surface area contributed by atoms with Gasteiger partial charge in [0.1, 0.15) is 11.6 Å². The lowest BCUT2D eigenvalue weighted by Gasteiger charge is -2.14. The number of nitrogen functional groups attached to an aromatic ring is 1. The van der Waals surface area contributed by atoms with Gasteiger partial charge in [-0.1, -0.05) is 6.92 Å². The number of nitrogens with two attached hydrogens (primary N) is 1. The summed E-state index contributed by atoms with van der Waals surface area (Å²) in [6, 6.07) is 0. The maximum Gasteiger partial charge on any atom is 0.391 e. The molecule has 1 heterocycles. The Morgan fingerprint density at radius 1 is 1.57 bits per heavy atom. The van der Waals surface area contributed by atoms with Gasteiger partial charge < -0.3 is 10.7 Å². The summed E-state index contributed by atoms with van der Waals surface area (Å²) < 4.78 is 36.3. The minimum atomic E-state index is -4.13. The van der Waals surface area contributed by atoms with Gasteiger partial charge in [-0.3, -0.25) is 0 Å². The highest BCUT2D eigenvalue weighted by Crippen LogP contribution is 2.28. The molecule has 0 fully saturated rings. The van der Waals surface area contributed by atoms with E-state index in [0.29, 0.717) is 11.6 Å². The van der Waals surface area contributed by atoms with E-state index in [-0.39, 0.29) is 12.8 Å². The molecule has 0 spiro atoms. The Balaban J connectivity index is 2.41. The number of aromatic amines is 1. The quantitative estimate of drug-likeness (QED) is 0.797. The maximum absolute atomic E-state index is 12.1. The van der Waals surface area contributed by atoms with Crippen LogP contribution < -0.4 is 5.73 Å². The van der Waals surface area contributed by atoms with Crippen LogP contribution in [0.1, 0.15) is 19.2 Å². The molecular weight excluding hydrogens is 195 g/mol. The lowest BCUT2D eigenvalue weighted by Crippen LogP contribution is -2.20. The first-order valence-electron chi connectivity index (χ1n) is 4.25. The molecule has 1 aromatic heterocycles. The summed E-state index contributed by atoms with van der Waals surface area (Å²) in [5.41, 5.74) is 5.33. The largest absolute Gasteiger partial charge is 0.391 e. The predicted octanol–water partition coefficient (Wildman–Crippen LogP) is 2.12. The summed E-state index contributed by atoms with van der Waals surface area (Å²) in [5, 5.41) is 0. The van der Waals surface area contributed by atoms with E-state index in [2.05, 4.69) is 9.97 Å². The number of nitrogens with one attached hydrogen (secondary N) is 1. The van der Waals surface area contributed by atoms with Crippen molar-refractivity contribution in [3.8, 4) is 0 Å². The third kappa shape index (κ3) is 2.93. The molecule has 3 nitrogen and oxygen atoms in total. The van der Waals surface area contributed by atoms with Crippen LogP contribution in [0.2, 0.25) is 0 Å². The number of aryl methyl sites for hydroxylation is 1. The molecule has 0 saturated heterocycles. The van der Waals surface area contributed by atoms with E-state index in [0.717, 1.165) is 6.92 Å². The van der Waals surface area contributed by atoms with Gasteiger partial charge in [-0.25, -0.2) is 4.98 Å². The fourth-order valence-electron chi connectivity index (χ4n) is 1.02. The molecule has 6 heteroatoms. The molecule has 1 unspecified atom stereocenters. The summed E-state index contributed by atoms with van der Waals surface area (Å²) in [6.07, 6.45) is -2.44. The SMILES string of the molecule is CC(CCc1ncc(N)[nH]1)C(F)(F)F. The zero-order valence-electron chi connectivity index (χ0n) is 7.73. The van der Waals surface area contributed by atoms with Gasteiger partial charge in [0.2, 0.25) is 0 Å². The minimum absolute atomic E-state index is 0.0243. The molecule has 1 rings (SSSR count). The molecule has 1 atom stereocenters. The van der Waals surface area contributed by atoms with Gasteiger partial charge in [0.05, 0.1) is 12.1 Å². The van der Waals surface area contributed by atoms with Crippen LogP contribution in [0.15, 0.2) is 6.20 Å². The molecule has 0 amide bonds. The number of aromatic nitrogens is 2. The monoisotopic (exact) mass is 207 g/mol. The van der Waals surface area contributed by atoms with Crippen molar-refractivity contribution >= 4 is 5.82 Å². The first-order chi connectivity index (χ1) is 6.39. The van der Waals surface area contributed by atoms with Crippen molar-refractivity contribution in [3.05, 3.63) is 12.0 Å². The lowest BCUT2D eigenvalue weighted by molar-refractivity contribution is -0.171. The van der Waals surface area contributed by atoms with Crippen molar-refractivity contribution in [3.63, 3.8) is 0 Å². The standard InChI is InChI=1S/C8H12F3N3/c1-5(8(9,10)11)2-3-7-13-4-6(12)14-7/h4-5H,2-3,12H2,1H3,(H,13,14). The van der Waals surface area contributed by atoms with Crippen LogP contribution in [0.3, 0.4) is 0 Å². The summed E-state index contributed by atoms with van der Waals surface area (Å²) in [7, 11) is 0. The third-order valence-corrected chi connectivity index (χ3v) is 2.02. The fraction of sp³-hybridized carbons (Fsp3) is 0.625. The Kier molecular flexibility index (Phi) is 3.03. The molecule has 1 aromatic rings. The van der Waals surface area contributed by atoms with E-state index in [9.17, 15) is 13.2 Å². The normalized spacial score (nSPS) is 14.3. The summed E-state index contributed by atoms with van der Waals surface area (Å²) >= 11 is 0. The van der Waals surface area contributed by atoms with Gasteiger partial charge in [-0.15, -0.1) is 0 Å². The predicted molar refractivity (Wildman–Crippen MR) is 46.5 cm³/mol. The summed E-state index contributed by atoms with van der Waals surface area (Å²) in [5.74, 6) is -0.438. The molecule has 3 N–H and O–H groups in total. The number of anilines is 1. The Hall–Kier alpha value is -1.20. The second kappa shape index (κ2) is 3.89. The van der Waals surface area contributed by atoms with Crippen LogP contribution in [-0.4, -0.2) is 16.1 Å². The highest BCUT2D eigenvalue weighted by Gasteiger charge is 2.35. The molecule has 0 aliphatic carbocycles. The fourth-order valence-corrected chi connectivity index (χ4v) is 1.02. The molecule has 0 aliphatic heterocycles. The number of H-pyrrole nitrogens is 1. The number of hydrogen-bond donors (Lipinski definition) is 2. The van der Waals surface area contributed by atoms with Crippen molar-refractivity contribution in [1.82, 2.24) is 9.97 Å². The smallest absolute Gasteiger partial charge is 0.384 e. The Labute approximate surface area is 79.5 Å². The first kappa shape index (κ1) is 10.9. The van der Waals surface area contributed by atoms with Crippen molar-refractivity contribution < 1.29 is 13.2 Å². The van der Waals surface area contributed by atoms with Gasteiger partial charge in [0, 0.05) is 6.42 Å². The van der Waals surface area contributed by atoms with Crippen LogP contribution in [0.25, 0.3) is 0 Å². The molecule has 0 aliphatic rings. The Morgan fingerprint density at radius 2 is 2.21 bits per heavy atom. The molecule has 0 radical (unpaired) electrons. The van der Waals surface area contributed by atoms with Crippen LogP contribution in [0.5, 0.6) is 0 Å². The van der Waals surface area contributed by atoms with E-state index >= 15 is 0 Å². The zero-order valence-corrected chi connectivity index (χ0v) is 7.73. The van der Waals surface area contributed by atoms with E-state index < -0.39 is 12.1 Å². The summed E-state index contributed by atoms with van der Waals surface area (Å²) in [4.78, 5) is 6.50. The third-order valence-electron chi connectivity index (χ3n) is 2.02. The zero-order chi connectivity index (χ0) is 10.8.